The molecule has 1 heterocycles. The topological polar surface area (TPSA) is 67.1 Å². The number of unbranched alkanes of at least 4 members (excludes halogenated alkanes) is 6. The van der Waals surface area contributed by atoms with Crippen LogP contribution in [0, 0.1) is 0 Å². The second-order valence-corrected chi connectivity index (χ2v) is 5.51. The van der Waals surface area contributed by atoms with Crippen molar-refractivity contribution in [2.75, 3.05) is 13.6 Å². The smallest absolute Gasteiger partial charge is 0.191 e. The number of nitrogens with one attached hydrogen (secondary N) is 2. The van der Waals surface area contributed by atoms with Crippen molar-refractivity contribution in [3.05, 3.63) is 12.2 Å². The fourth-order valence-corrected chi connectivity index (χ4v) is 2.35. The molecule has 0 aliphatic heterocycles. The summed E-state index contributed by atoms with van der Waals surface area (Å²) in [6.45, 7) is 6.83. The number of hydrogen-bond acceptors (Lipinski definition) is 3. The third-order valence-electron chi connectivity index (χ3n) is 3.75. The van der Waals surface area contributed by atoms with Crippen molar-refractivity contribution in [2.45, 2.75) is 71.9 Å². The first kappa shape index (κ1) is 18.5. The summed E-state index contributed by atoms with van der Waals surface area (Å²) in [5.41, 5.74) is 0. The monoisotopic (exact) mass is 308 g/mol. The molecule has 1 aromatic rings. The number of hydrogen-bond donors (Lipinski definition) is 2. The normalized spacial score (nSPS) is 11.7. The first-order valence-corrected chi connectivity index (χ1v) is 8.63. The van der Waals surface area contributed by atoms with Crippen molar-refractivity contribution >= 4 is 5.96 Å². The van der Waals surface area contributed by atoms with Gasteiger partial charge in [-0.1, -0.05) is 45.4 Å². The molecule has 0 amide bonds. The molecule has 0 aromatic carbocycles. The fraction of sp³-hybridized carbons (Fsp3) is 0.812. The van der Waals surface area contributed by atoms with Crippen molar-refractivity contribution in [1.29, 1.82) is 0 Å². The van der Waals surface area contributed by atoms with Crippen LogP contribution in [0.15, 0.2) is 11.3 Å². The molecular weight excluding hydrogens is 276 g/mol. The highest BCUT2D eigenvalue weighted by Crippen LogP contribution is 2.06. The molecule has 1 rings (SSSR count). The summed E-state index contributed by atoms with van der Waals surface area (Å²) in [6, 6.07) is 0. The fourth-order valence-electron chi connectivity index (χ4n) is 2.35. The van der Waals surface area contributed by atoms with Crippen LogP contribution in [0.1, 0.15) is 64.6 Å². The average Bonchev–Trinajstić information content (AvgIpc) is 3.00. The van der Waals surface area contributed by atoms with Gasteiger partial charge in [-0.25, -0.2) is 0 Å². The quantitative estimate of drug-likeness (QED) is 0.375. The van der Waals surface area contributed by atoms with Gasteiger partial charge in [0.1, 0.15) is 6.33 Å². The molecule has 0 atom stereocenters. The molecule has 1 aromatic heterocycles. The van der Waals surface area contributed by atoms with Crippen molar-refractivity contribution in [3.8, 4) is 0 Å². The van der Waals surface area contributed by atoms with Crippen molar-refractivity contribution in [2.24, 2.45) is 4.99 Å². The van der Waals surface area contributed by atoms with Gasteiger partial charge < -0.3 is 15.2 Å². The third kappa shape index (κ3) is 7.43. The minimum Gasteiger partial charge on any atom is -0.356 e. The Balaban J connectivity index is 2.10. The summed E-state index contributed by atoms with van der Waals surface area (Å²) < 4.78 is 2.02. The van der Waals surface area contributed by atoms with Crippen molar-refractivity contribution in [1.82, 2.24) is 25.4 Å². The second-order valence-electron chi connectivity index (χ2n) is 5.51. The summed E-state index contributed by atoms with van der Waals surface area (Å²) in [5, 5.41) is 14.7. The molecule has 22 heavy (non-hydrogen) atoms. The van der Waals surface area contributed by atoms with Crippen LogP contribution in [0.5, 0.6) is 0 Å². The Morgan fingerprint density at radius 3 is 2.50 bits per heavy atom. The summed E-state index contributed by atoms with van der Waals surface area (Å²) in [6.07, 6.45) is 11.0. The zero-order chi connectivity index (χ0) is 16.0. The Kier molecular flexibility index (Phi) is 10.1. The Hall–Kier alpha value is -1.59. The highest BCUT2D eigenvalue weighted by atomic mass is 15.3. The number of aryl methyl sites for hydroxylation is 1. The van der Waals surface area contributed by atoms with E-state index < -0.39 is 0 Å². The van der Waals surface area contributed by atoms with Crippen LogP contribution >= 0.6 is 0 Å². The van der Waals surface area contributed by atoms with Gasteiger partial charge in [-0.2, -0.15) is 0 Å². The Labute approximate surface area is 134 Å². The molecule has 6 nitrogen and oxygen atoms in total. The molecule has 0 bridgehead atoms. The number of nitrogens with zero attached hydrogens (tertiary/aromatic N) is 4. The maximum Gasteiger partial charge on any atom is 0.191 e. The maximum atomic E-state index is 4.24. The van der Waals surface area contributed by atoms with Crippen LogP contribution in [0.2, 0.25) is 0 Å². The molecule has 0 aliphatic rings. The Morgan fingerprint density at radius 1 is 1.09 bits per heavy atom. The molecule has 2 N–H and O–H groups in total. The lowest BCUT2D eigenvalue weighted by Crippen LogP contribution is -2.37. The Morgan fingerprint density at radius 2 is 1.82 bits per heavy atom. The van der Waals surface area contributed by atoms with Crippen LogP contribution in [0.25, 0.3) is 0 Å². The third-order valence-corrected chi connectivity index (χ3v) is 3.75. The van der Waals surface area contributed by atoms with Crippen LogP contribution in [-0.4, -0.2) is 34.3 Å². The van der Waals surface area contributed by atoms with Gasteiger partial charge in [0.2, 0.25) is 0 Å². The molecule has 0 unspecified atom stereocenters. The lowest BCUT2D eigenvalue weighted by atomic mass is 10.1. The minimum atomic E-state index is 0.643. The van der Waals surface area contributed by atoms with E-state index in [1.54, 1.807) is 13.4 Å². The van der Waals surface area contributed by atoms with E-state index in [9.17, 15) is 0 Å². The lowest BCUT2D eigenvalue weighted by Gasteiger charge is -2.11. The van der Waals surface area contributed by atoms with E-state index in [0.717, 1.165) is 24.9 Å². The first-order valence-electron chi connectivity index (χ1n) is 8.63. The molecule has 6 heteroatoms. The standard InChI is InChI=1S/C16H32N6/c1-4-6-7-8-9-10-11-12-18-16(17-3)19-13-15-21-20-14-22(15)5-2/h14H,4-13H2,1-3H3,(H2,17,18,19). The first-order chi connectivity index (χ1) is 10.8. The summed E-state index contributed by atoms with van der Waals surface area (Å²) >= 11 is 0. The van der Waals surface area contributed by atoms with Gasteiger partial charge in [0.25, 0.3) is 0 Å². The van der Waals surface area contributed by atoms with Crippen molar-refractivity contribution < 1.29 is 0 Å². The maximum absolute atomic E-state index is 4.24. The molecular formula is C16H32N6. The van der Waals surface area contributed by atoms with Gasteiger partial charge in [0.05, 0.1) is 6.54 Å². The highest BCUT2D eigenvalue weighted by Gasteiger charge is 2.03. The number of aliphatic imine (C=N–C) groups is 1. The molecule has 0 saturated carbocycles. The van der Waals surface area contributed by atoms with E-state index in [1.165, 1.54) is 44.9 Å². The van der Waals surface area contributed by atoms with Crippen molar-refractivity contribution in [3.63, 3.8) is 0 Å². The number of aromatic nitrogens is 3. The highest BCUT2D eigenvalue weighted by molar-refractivity contribution is 5.79. The van der Waals surface area contributed by atoms with E-state index >= 15 is 0 Å². The molecule has 0 radical (unpaired) electrons. The molecule has 0 fully saturated rings. The van der Waals surface area contributed by atoms with Crippen LogP contribution in [0.4, 0.5) is 0 Å². The van der Waals surface area contributed by atoms with E-state index in [4.69, 9.17) is 0 Å². The van der Waals surface area contributed by atoms with Crippen LogP contribution in [-0.2, 0) is 13.1 Å². The zero-order valence-corrected chi connectivity index (χ0v) is 14.4. The molecule has 0 saturated heterocycles. The van der Waals surface area contributed by atoms with Gasteiger partial charge >= 0.3 is 0 Å². The van der Waals surface area contributed by atoms with E-state index in [0.29, 0.717) is 6.54 Å². The Bertz CT molecular complexity index is 413. The second kappa shape index (κ2) is 12.0. The van der Waals surface area contributed by atoms with Crippen LogP contribution in [0.3, 0.4) is 0 Å². The molecule has 0 aliphatic carbocycles. The summed E-state index contributed by atoms with van der Waals surface area (Å²) in [7, 11) is 1.80. The van der Waals surface area contributed by atoms with Gasteiger partial charge in [0.15, 0.2) is 11.8 Å². The van der Waals surface area contributed by atoms with E-state index in [2.05, 4.69) is 39.7 Å². The predicted octanol–water partition coefficient (Wildman–Crippen LogP) is 2.71. The summed E-state index contributed by atoms with van der Waals surface area (Å²) in [5.74, 6) is 1.76. The zero-order valence-electron chi connectivity index (χ0n) is 14.4. The molecule has 126 valence electrons. The largest absolute Gasteiger partial charge is 0.356 e. The average molecular weight is 308 g/mol. The van der Waals surface area contributed by atoms with Gasteiger partial charge in [-0.15, -0.1) is 10.2 Å². The van der Waals surface area contributed by atoms with Gasteiger partial charge in [-0.05, 0) is 13.3 Å². The predicted molar refractivity (Wildman–Crippen MR) is 91.9 cm³/mol. The number of guanidine groups is 1. The minimum absolute atomic E-state index is 0.643. The van der Waals surface area contributed by atoms with E-state index in [-0.39, 0.29) is 0 Å². The van der Waals surface area contributed by atoms with Gasteiger partial charge in [-0.3, -0.25) is 4.99 Å². The lowest BCUT2D eigenvalue weighted by molar-refractivity contribution is 0.583. The number of rotatable bonds is 11. The van der Waals surface area contributed by atoms with E-state index in [1.807, 2.05) is 4.57 Å². The SMILES string of the molecule is CCCCCCCCCNC(=NC)NCc1nncn1CC. The van der Waals surface area contributed by atoms with Crippen LogP contribution < -0.4 is 10.6 Å². The molecule has 0 spiro atoms. The van der Waals surface area contributed by atoms with Gasteiger partial charge in [0, 0.05) is 20.1 Å². The summed E-state index contributed by atoms with van der Waals surface area (Å²) in [4.78, 5) is 4.24.